The Balaban J connectivity index is 2.62. The Morgan fingerprint density at radius 3 is 2.62 bits per heavy atom. The van der Waals surface area contributed by atoms with Gasteiger partial charge in [-0.3, -0.25) is 0 Å². The average Bonchev–Trinajstić information content (AvgIpc) is 2.16. The van der Waals surface area contributed by atoms with Gasteiger partial charge in [0, 0.05) is 10.0 Å². The van der Waals surface area contributed by atoms with E-state index in [2.05, 4.69) is 35.8 Å². The molecule has 3 heteroatoms. The minimum atomic E-state index is -0.0841. The van der Waals surface area contributed by atoms with Gasteiger partial charge in [-0.2, -0.15) is 0 Å². The van der Waals surface area contributed by atoms with E-state index in [0.717, 1.165) is 29.5 Å². The van der Waals surface area contributed by atoms with Crippen LogP contribution in [0.25, 0.3) is 0 Å². The quantitative estimate of drug-likeness (QED) is 0.899. The van der Waals surface area contributed by atoms with E-state index in [0.29, 0.717) is 0 Å². The maximum atomic E-state index is 5.96. The second kappa shape index (κ2) is 5.69. The molecule has 2 nitrogen and oxygen atoms in total. The number of ether oxygens (including phenoxy) is 1. The van der Waals surface area contributed by atoms with E-state index in [1.54, 1.807) is 7.11 Å². The monoisotopic (exact) mass is 285 g/mol. The van der Waals surface area contributed by atoms with Gasteiger partial charge in [-0.25, -0.2) is 0 Å². The summed E-state index contributed by atoms with van der Waals surface area (Å²) in [7, 11) is 1.71. The van der Waals surface area contributed by atoms with Crippen LogP contribution in [0, 0.1) is 0 Å². The molecule has 1 aromatic rings. The SMILES string of the molecule is COc1ccc(Br)cc1CCCC(C)(C)N. The van der Waals surface area contributed by atoms with Gasteiger partial charge in [0.1, 0.15) is 5.75 Å². The molecular weight excluding hydrogens is 266 g/mol. The van der Waals surface area contributed by atoms with E-state index in [4.69, 9.17) is 10.5 Å². The molecule has 0 aliphatic heterocycles. The summed E-state index contributed by atoms with van der Waals surface area (Å²) in [6.45, 7) is 4.12. The Kier molecular flexibility index (Phi) is 4.81. The first-order chi connectivity index (χ1) is 7.42. The van der Waals surface area contributed by atoms with Crippen LogP contribution in [0.1, 0.15) is 32.3 Å². The molecule has 0 unspecified atom stereocenters. The van der Waals surface area contributed by atoms with Crippen molar-refractivity contribution < 1.29 is 4.74 Å². The van der Waals surface area contributed by atoms with Crippen molar-refractivity contribution in [3.05, 3.63) is 28.2 Å². The minimum Gasteiger partial charge on any atom is -0.496 e. The molecule has 0 amide bonds. The summed E-state index contributed by atoms with van der Waals surface area (Å²) < 4.78 is 6.42. The molecule has 0 saturated heterocycles. The first-order valence-electron chi connectivity index (χ1n) is 5.54. The second-order valence-corrected chi connectivity index (χ2v) is 5.71. The molecule has 2 N–H and O–H groups in total. The molecule has 0 atom stereocenters. The molecule has 0 radical (unpaired) electrons. The predicted molar refractivity (Wildman–Crippen MR) is 71.9 cm³/mol. The van der Waals surface area contributed by atoms with E-state index >= 15 is 0 Å². The van der Waals surface area contributed by atoms with Crippen molar-refractivity contribution in [2.45, 2.75) is 38.6 Å². The number of benzene rings is 1. The predicted octanol–water partition coefficient (Wildman–Crippen LogP) is 3.52. The van der Waals surface area contributed by atoms with Crippen LogP contribution in [0.3, 0.4) is 0 Å². The van der Waals surface area contributed by atoms with E-state index in [-0.39, 0.29) is 5.54 Å². The first kappa shape index (κ1) is 13.5. The number of halogens is 1. The second-order valence-electron chi connectivity index (χ2n) is 4.80. The summed E-state index contributed by atoms with van der Waals surface area (Å²) in [4.78, 5) is 0. The Morgan fingerprint density at radius 1 is 1.38 bits per heavy atom. The third kappa shape index (κ3) is 4.54. The number of nitrogens with two attached hydrogens (primary N) is 1. The van der Waals surface area contributed by atoms with Crippen LogP contribution in [0.15, 0.2) is 22.7 Å². The molecule has 0 heterocycles. The van der Waals surface area contributed by atoms with Gasteiger partial charge in [0.15, 0.2) is 0 Å². The first-order valence-corrected chi connectivity index (χ1v) is 6.33. The van der Waals surface area contributed by atoms with Crippen molar-refractivity contribution in [1.82, 2.24) is 0 Å². The lowest BCUT2D eigenvalue weighted by atomic mass is 9.96. The molecule has 0 aromatic heterocycles. The van der Waals surface area contributed by atoms with Crippen LogP contribution in [0.2, 0.25) is 0 Å². The molecule has 0 bridgehead atoms. The largest absolute Gasteiger partial charge is 0.496 e. The number of hydrogen-bond donors (Lipinski definition) is 1. The number of methoxy groups -OCH3 is 1. The summed E-state index contributed by atoms with van der Waals surface area (Å²) in [6, 6.07) is 6.10. The van der Waals surface area contributed by atoms with E-state index in [1.165, 1.54) is 5.56 Å². The van der Waals surface area contributed by atoms with Gasteiger partial charge in [0.2, 0.25) is 0 Å². The summed E-state index contributed by atoms with van der Waals surface area (Å²) >= 11 is 3.48. The lowest BCUT2D eigenvalue weighted by Gasteiger charge is -2.18. The lowest BCUT2D eigenvalue weighted by Crippen LogP contribution is -2.31. The van der Waals surface area contributed by atoms with Crippen molar-refractivity contribution in [3.63, 3.8) is 0 Å². The topological polar surface area (TPSA) is 35.2 Å². The highest BCUT2D eigenvalue weighted by atomic mass is 79.9. The van der Waals surface area contributed by atoms with E-state index in [1.807, 2.05) is 12.1 Å². The van der Waals surface area contributed by atoms with Crippen LogP contribution >= 0.6 is 15.9 Å². The molecule has 0 fully saturated rings. The number of aryl methyl sites for hydroxylation is 1. The molecule has 0 spiro atoms. The zero-order valence-corrected chi connectivity index (χ0v) is 11.8. The van der Waals surface area contributed by atoms with Crippen molar-refractivity contribution in [1.29, 1.82) is 0 Å². The average molecular weight is 286 g/mol. The standard InChI is InChI=1S/C13H20BrNO/c1-13(2,15)8-4-5-10-9-11(14)6-7-12(10)16-3/h6-7,9H,4-5,8,15H2,1-3H3. The maximum absolute atomic E-state index is 5.96. The zero-order chi connectivity index (χ0) is 12.2. The van der Waals surface area contributed by atoms with E-state index < -0.39 is 0 Å². The third-order valence-corrected chi connectivity index (χ3v) is 3.00. The molecule has 0 aliphatic carbocycles. The van der Waals surface area contributed by atoms with Crippen molar-refractivity contribution in [2.24, 2.45) is 5.73 Å². The van der Waals surface area contributed by atoms with Crippen LogP contribution in [0.4, 0.5) is 0 Å². The Labute approximate surface area is 106 Å². The van der Waals surface area contributed by atoms with Gasteiger partial charge in [0.25, 0.3) is 0 Å². The maximum Gasteiger partial charge on any atom is 0.122 e. The zero-order valence-electron chi connectivity index (χ0n) is 10.2. The van der Waals surface area contributed by atoms with Crippen LogP contribution in [-0.2, 0) is 6.42 Å². The normalized spacial score (nSPS) is 11.6. The van der Waals surface area contributed by atoms with Gasteiger partial charge in [-0.1, -0.05) is 15.9 Å². The highest BCUT2D eigenvalue weighted by molar-refractivity contribution is 9.10. The molecule has 0 saturated carbocycles. The van der Waals surface area contributed by atoms with Crippen LogP contribution < -0.4 is 10.5 Å². The van der Waals surface area contributed by atoms with Crippen LogP contribution in [0.5, 0.6) is 5.75 Å². The fourth-order valence-electron chi connectivity index (χ4n) is 1.68. The van der Waals surface area contributed by atoms with Gasteiger partial charge in [-0.05, 0) is 56.9 Å². The number of rotatable bonds is 5. The summed E-state index contributed by atoms with van der Waals surface area (Å²) in [6.07, 6.45) is 3.10. The summed E-state index contributed by atoms with van der Waals surface area (Å²) in [5.74, 6) is 0.957. The van der Waals surface area contributed by atoms with Gasteiger partial charge in [-0.15, -0.1) is 0 Å². The molecule has 1 aromatic carbocycles. The van der Waals surface area contributed by atoms with Gasteiger partial charge >= 0.3 is 0 Å². The molecule has 1 rings (SSSR count). The Hall–Kier alpha value is -0.540. The fraction of sp³-hybridized carbons (Fsp3) is 0.538. The van der Waals surface area contributed by atoms with Gasteiger partial charge in [0.05, 0.1) is 7.11 Å². The highest BCUT2D eigenvalue weighted by Crippen LogP contribution is 2.25. The van der Waals surface area contributed by atoms with Crippen LogP contribution in [-0.4, -0.2) is 12.6 Å². The smallest absolute Gasteiger partial charge is 0.122 e. The molecular formula is C13H20BrNO. The molecule has 0 aliphatic rings. The van der Waals surface area contributed by atoms with Crippen molar-refractivity contribution in [2.75, 3.05) is 7.11 Å². The third-order valence-electron chi connectivity index (χ3n) is 2.51. The van der Waals surface area contributed by atoms with Crippen molar-refractivity contribution >= 4 is 15.9 Å². The Bertz CT molecular complexity index is 344. The summed E-state index contributed by atoms with van der Waals surface area (Å²) in [5.41, 5.74) is 7.11. The summed E-state index contributed by atoms with van der Waals surface area (Å²) in [5, 5.41) is 0. The van der Waals surface area contributed by atoms with Crippen molar-refractivity contribution in [3.8, 4) is 5.75 Å². The molecule has 16 heavy (non-hydrogen) atoms. The number of hydrogen-bond acceptors (Lipinski definition) is 2. The van der Waals surface area contributed by atoms with E-state index in [9.17, 15) is 0 Å². The fourth-order valence-corrected chi connectivity index (χ4v) is 2.09. The Morgan fingerprint density at radius 2 is 2.06 bits per heavy atom. The minimum absolute atomic E-state index is 0.0841. The van der Waals surface area contributed by atoms with Gasteiger partial charge < -0.3 is 10.5 Å². The lowest BCUT2D eigenvalue weighted by molar-refractivity contribution is 0.405. The molecule has 90 valence electrons. The highest BCUT2D eigenvalue weighted by Gasteiger charge is 2.11.